The van der Waals surface area contributed by atoms with Gasteiger partial charge in [0, 0.05) is 33.0 Å². The van der Waals surface area contributed by atoms with Crippen molar-refractivity contribution < 1.29 is 9.90 Å². The fourth-order valence-electron chi connectivity index (χ4n) is 2.56. The topological polar surface area (TPSA) is 63.3 Å². The minimum atomic E-state index is -0.425. The summed E-state index contributed by atoms with van der Waals surface area (Å²) in [5.41, 5.74) is 0.541. The number of amides is 1. The molecule has 2 aromatic rings. The van der Waals surface area contributed by atoms with E-state index < -0.39 is 6.10 Å². The van der Waals surface area contributed by atoms with Gasteiger partial charge < -0.3 is 14.6 Å². The van der Waals surface area contributed by atoms with Crippen LogP contribution in [-0.2, 0) is 7.05 Å². The summed E-state index contributed by atoms with van der Waals surface area (Å²) in [5, 5.41) is 14.2. The van der Waals surface area contributed by atoms with Crippen LogP contribution in [0.1, 0.15) is 23.2 Å². The van der Waals surface area contributed by atoms with Crippen LogP contribution in [0.4, 0.5) is 0 Å². The van der Waals surface area contributed by atoms with Crippen LogP contribution in [0.15, 0.2) is 30.7 Å². The maximum Gasteiger partial charge on any atom is 0.259 e. The van der Waals surface area contributed by atoms with E-state index >= 15 is 0 Å². The second kappa shape index (κ2) is 5.37. The lowest BCUT2D eigenvalue weighted by atomic mass is 10.2. The van der Waals surface area contributed by atoms with Gasteiger partial charge in [0.15, 0.2) is 0 Å². The van der Waals surface area contributed by atoms with E-state index in [1.165, 1.54) is 0 Å². The zero-order valence-corrected chi connectivity index (χ0v) is 12.3. The third kappa shape index (κ3) is 2.71. The van der Waals surface area contributed by atoms with Gasteiger partial charge in [0.1, 0.15) is 11.4 Å². The molecule has 6 heteroatoms. The van der Waals surface area contributed by atoms with Crippen molar-refractivity contribution in [3.05, 3.63) is 36.3 Å². The van der Waals surface area contributed by atoms with Crippen molar-refractivity contribution in [1.29, 1.82) is 0 Å². The minimum absolute atomic E-state index is 0.119. The Bertz CT molecular complexity index is 628. The van der Waals surface area contributed by atoms with Gasteiger partial charge in [0.25, 0.3) is 5.91 Å². The molecule has 1 fully saturated rings. The molecule has 0 bridgehead atoms. The summed E-state index contributed by atoms with van der Waals surface area (Å²) in [6.07, 6.45) is 7.04. The lowest BCUT2D eigenvalue weighted by Crippen LogP contribution is -2.35. The molecule has 1 saturated carbocycles. The first-order chi connectivity index (χ1) is 10.1. The third-order valence-corrected chi connectivity index (χ3v) is 3.96. The first-order valence-electron chi connectivity index (χ1n) is 7.17. The molecule has 0 aromatic carbocycles. The van der Waals surface area contributed by atoms with Crippen molar-refractivity contribution >= 4 is 5.91 Å². The van der Waals surface area contributed by atoms with Crippen LogP contribution in [-0.4, -0.2) is 50.0 Å². The molecule has 1 aliphatic carbocycles. The summed E-state index contributed by atoms with van der Waals surface area (Å²) >= 11 is 0. The Morgan fingerprint density at radius 2 is 2.14 bits per heavy atom. The van der Waals surface area contributed by atoms with Gasteiger partial charge in [-0.2, -0.15) is 5.10 Å². The maximum atomic E-state index is 12.6. The summed E-state index contributed by atoms with van der Waals surface area (Å²) in [5.74, 6) is 0.974. The van der Waals surface area contributed by atoms with Crippen molar-refractivity contribution in [2.45, 2.75) is 18.9 Å². The van der Waals surface area contributed by atoms with Gasteiger partial charge >= 0.3 is 0 Å². The summed E-state index contributed by atoms with van der Waals surface area (Å²) in [6, 6.07) is 3.81. The SMILES string of the molecule is CN(CC(O)C1CC1)C(=O)c1cnn(C)c1-n1cccc1. The number of nitrogens with zero attached hydrogens (tertiary/aromatic N) is 4. The fourth-order valence-corrected chi connectivity index (χ4v) is 2.56. The van der Waals surface area contributed by atoms with Crippen molar-refractivity contribution in [3.63, 3.8) is 0 Å². The molecule has 0 saturated heterocycles. The van der Waals surface area contributed by atoms with Crippen LogP contribution >= 0.6 is 0 Å². The Balaban J connectivity index is 1.81. The second-order valence-electron chi connectivity index (χ2n) is 5.69. The molecule has 1 N–H and O–H groups in total. The standard InChI is InChI=1S/C15H20N4O2/c1-17(10-13(20)11-5-6-11)15(21)12-9-16-18(2)14(12)19-7-3-4-8-19/h3-4,7-9,11,13,20H,5-6,10H2,1-2H3. The van der Waals surface area contributed by atoms with Crippen LogP contribution in [0, 0.1) is 5.92 Å². The Hall–Kier alpha value is -2.08. The number of rotatable bonds is 5. The van der Waals surface area contributed by atoms with Crippen LogP contribution in [0.25, 0.3) is 5.82 Å². The summed E-state index contributed by atoms with van der Waals surface area (Å²) in [6.45, 7) is 0.365. The second-order valence-corrected chi connectivity index (χ2v) is 5.69. The quantitative estimate of drug-likeness (QED) is 0.894. The van der Waals surface area contributed by atoms with E-state index in [-0.39, 0.29) is 5.91 Å². The number of carbonyl (C=O) groups excluding carboxylic acids is 1. The minimum Gasteiger partial charge on any atom is -0.391 e. The van der Waals surface area contributed by atoms with E-state index in [2.05, 4.69) is 5.10 Å². The van der Waals surface area contributed by atoms with E-state index in [9.17, 15) is 9.90 Å². The molecule has 0 aliphatic heterocycles. The average molecular weight is 288 g/mol. The molecule has 0 spiro atoms. The van der Waals surface area contributed by atoms with Crippen molar-refractivity contribution in [1.82, 2.24) is 19.2 Å². The normalized spacial score (nSPS) is 16.0. The molecule has 6 nitrogen and oxygen atoms in total. The van der Waals surface area contributed by atoms with Gasteiger partial charge in [-0.25, -0.2) is 0 Å². The molecule has 2 heterocycles. The number of likely N-dealkylation sites (N-methyl/N-ethyl adjacent to an activating group) is 1. The molecule has 1 atom stereocenters. The van der Waals surface area contributed by atoms with Gasteiger partial charge in [-0.05, 0) is 30.9 Å². The summed E-state index contributed by atoms with van der Waals surface area (Å²) in [4.78, 5) is 14.2. The van der Waals surface area contributed by atoms with Crippen LogP contribution < -0.4 is 0 Å². The number of aliphatic hydroxyl groups is 1. The summed E-state index contributed by atoms with van der Waals surface area (Å²) < 4.78 is 3.55. The largest absolute Gasteiger partial charge is 0.391 e. The predicted molar refractivity (Wildman–Crippen MR) is 78.2 cm³/mol. The monoisotopic (exact) mass is 288 g/mol. The zero-order chi connectivity index (χ0) is 15.0. The number of aryl methyl sites for hydroxylation is 1. The predicted octanol–water partition coefficient (Wildman–Crippen LogP) is 1.05. The van der Waals surface area contributed by atoms with Crippen molar-refractivity contribution in [3.8, 4) is 5.82 Å². The van der Waals surface area contributed by atoms with E-state index in [1.807, 2.05) is 36.1 Å². The average Bonchev–Trinajstić information content (AvgIpc) is 3.05. The number of hydrogen-bond donors (Lipinski definition) is 1. The Labute approximate surface area is 123 Å². The van der Waals surface area contributed by atoms with E-state index in [0.29, 0.717) is 18.0 Å². The molecule has 1 unspecified atom stereocenters. The first-order valence-corrected chi connectivity index (χ1v) is 7.17. The van der Waals surface area contributed by atoms with Gasteiger partial charge in [0.2, 0.25) is 0 Å². The Morgan fingerprint density at radius 1 is 1.48 bits per heavy atom. The molecular formula is C15H20N4O2. The van der Waals surface area contributed by atoms with Crippen LogP contribution in [0.2, 0.25) is 0 Å². The van der Waals surface area contributed by atoms with Gasteiger partial charge in [-0.15, -0.1) is 0 Å². The van der Waals surface area contributed by atoms with Gasteiger partial charge in [-0.1, -0.05) is 0 Å². The van der Waals surface area contributed by atoms with E-state index in [4.69, 9.17) is 0 Å². The Kier molecular flexibility index (Phi) is 3.55. The lowest BCUT2D eigenvalue weighted by molar-refractivity contribution is 0.0645. The number of aliphatic hydroxyl groups excluding tert-OH is 1. The van der Waals surface area contributed by atoms with E-state index in [0.717, 1.165) is 18.7 Å². The molecule has 2 aromatic heterocycles. The molecule has 112 valence electrons. The fraction of sp³-hybridized carbons (Fsp3) is 0.467. The number of carbonyl (C=O) groups is 1. The maximum absolute atomic E-state index is 12.6. The van der Waals surface area contributed by atoms with Crippen LogP contribution in [0.5, 0.6) is 0 Å². The number of aromatic nitrogens is 3. The lowest BCUT2D eigenvalue weighted by Gasteiger charge is -2.21. The highest BCUT2D eigenvalue weighted by atomic mass is 16.3. The van der Waals surface area contributed by atoms with Gasteiger partial charge in [-0.3, -0.25) is 9.48 Å². The Morgan fingerprint density at radius 3 is 2.76 bits per heavy atom. The molecular weight excluding hydrogens is 268 g/mol. The zero-order valence-electron chi connectivity index (χ0n) is 12.3. The highest BCUT2D eigenvalue weighted by molar-refractivity contribution is 5.97. The summed E-state index contributed by atoms with van der Waals surface area (Å²) in [7, 11) is 3.53. The third-order valence-electron chi connectivity index (χ3n) is 3.96. The van der Waals surface area contributed by atoms with Crippen LogP contribution in [0.3, 0.4) is 0 Å². The smallest absolute Gasteiger partial charge is 0.259 e. The molecule has 1 amide bonds. The molecule has 1 aliphatic rings. The van der Waals surface area contributed by atoms with Crippen molar-refractivity contribution in [2.24, 2.45) is 13.0 Å². The van der Waals surface area contributed by atoms with Gasteiger partial charge in [0.05, 0.1) is 12.3 Å². The number of hydrogen-bond acceptors (Lipinski definition) is 3. The highest BCUT2D eigenvalue weighted by Gasteiger charge is 2.32. The van der Waals surface area contributed by atoms with E-state index in [1.54, 1.807) is 22.8 Å². The molecule has 3 rings (SSSR count). The first kappa shape index (κ1) is 13.9. The highest BCUT2D eigenvalue weighted by Crippen LogP contribution is 2.32. The molecule has 0 radical (unpaired) electrons. The molecule has 21 heavy (non-hydrogen) atoms. The van der Waals surface area contributed by atoms with Crippen molar-refractivity contribution in [2.75, 3.05) is 13.6 Å².